The van der Waals surface area contributed by atoms with E-state index in [0.29, 0.717) is 6.07 Å². The van der Waals surface area contributed by atoms with Gasteiger partial charge < -0.3 is 5.11 Å². The van der Waals surface area contributed by atoms with Crippen LogP contribution in [0.15, 0.2) is 53.3 Å². The van der Waals surface area contributed by atoms with Gasteiger partial charge in [-0.15, -0.1) is 0 Å². The molecule has 35 heavy (non-hydrogen) atoms. The van der Waals surface area contributed by atoms with Crippen LogP contribution in [-0.4, -0.2) is 37.4 Å². The Morgan fingerprint density at radius 1 is 1.17 bits per heavy atom. The zero-order chi connectivity index (χ0) is 26.0. The molecular weight excluding hydrogens is 503 g/mol. The van der Waals surface area contributed by atoms with Gasteiger partial charge in [0.2, 0.25) is 0 Å². The minimum atomic E-state index is -5.96. The Hall–Kier alpha value is -3.29. The number of nitrogens with zero attached hydrogens (tertiary/aromatic N) is 3. The van der Waals surface area contributed by atoms with Crippen LogP contribution in [0.2, 0.25) is 5.02 Å². The average molecular weight is 521 g/mol. The lowest BCUT2D eigenvalue weighted by Crippen LogP contribution is -2.56. The molecule has 1 amide bonds. The molecule has 0 saturated heterocycles. The molecule has 2 aromatic carbocycles. The fraction of sp³-hybridized carbons (Fsp3) is 0.286. The van der Waals surface area contributed by atoms with Gasteiger partial charge >= 0.3 is 17.7 Å². The molecule has 0 aliphatic heterocycles. The van der Waals surface area contributed by atoms with E-state index in [-0.39, 0.29) is 16.8 Å². The largest absolute Gasteiger partial charge is 0.453 e. The Labute approximate surface area is 199 Å². The lowest BCUT2D eigenvalue weighted by Gasteiger charge is -2.34. The maximum atomic E-state index is 16.0. The third-order valence-electron chi connectivity index (χ3n) is 5.00. The number of nitrogens with one attached hydrogen (secondary N) is 1. The summed E-state index contributed by atoms with van der Waals surface area (Å²) < 4.78 is 74.3. The number of alkyl halides is 4. The number of hydrogen-bond donors (Lipinski definition) is 2. The highest BCUT2D eigenvalue weighted by Crippen LogP contribution is 2.47. The second-order valence-corrected chi connectivity index (χ2v) is 7.53. The Kier molecular flexibility index (Phi) is 7.62. The van der Waals surface area contributed by atoms with Crippen LogP contribution in [0.1, 0.15) is 34.7 Å². The molecule has 0 saturated carbocycles. The van der Waals surface area contributed by atoms with Crippen molar-refractivity contribution >= 4 is 17.5 Å². The molecular formula is C21H18ClF5N4O4. The number of benzene rings is 2. The molecule has 0 fully saturated rings. The Balaban J connectivity index is 2.23. The fourth-order valence-electron chi connectivity index (χ4n) is 3.33. The van der Waals surface area contributed by atoms with E-state index in [9.17, 15) is 32.3 Å². The number of aromatic nitrogens is 3. The van der Waals surface area contributed by atoms with Crippen LogP contribution in [0.25, 0.3) is 0 Å². The predicted octanol–water partition coefficient (Wildman–Crippen LogP) is 3.53. The molecule has 2 N–H and O–H groups in total. The maximum Gasteiger partial charge on any atom is 0.453 e. The molecule has 1 heterocycles. The predicted molar refractivity (Wildman–Crippen MR) is 113 cm³/mol. The highest BCUT2D eigenvalue weighted by molar-refractivity contribution is 6.31. The first-order valence-electron chi connectivity index (χ1n) is 9.98. The highest BCUT2D eigenvalue weighted by Gasteiger charge is 2.66. The van der Waals surface area contributed by atoms with Crippen molar-refractivity contribution in [3.8, 4) is 0 Å². The van der Waals surface area contributed by atoms with E-state index in [2.05, 4.69) is 9.94 Å². The molecule has 0 radical (unpaired) electrons. The summed E-state index contributed by atoms with van der Waals surface area (Å²) >= 11 is 5.94. The van der Waals surface area contributed by atoms with Crippen molar-refractivity contribution in [1.29, 1.82) is 0 Å². The van der Waals surface area contributed by atoms with Crippen LogP contribution in [0, 0.1) is 5.82 Å². The SMILES string of the molecule is CCn1c(CO)nn(C(c2c(F)cccc2Cl)[C@@](F)(ONC(=O)c2ccccc2)C(F)(F)F)c1=O. The number of carbonyl (C=O) groups is 1. The number of hydroxylamine groups is 1. The van der Waals surface area contributed by atoms with Crippen molar-refractivity contribution in [2.24, 2.45) is 0 Å². The Bertz CT molecular complexity index is 1240. The summed E-state index contributed by atoms with van der Waals surface area (Å²) in [4.78, 5) is 29.4. The van der Waals surface area contributed by atoms with Gasteiger partial charge in [0.25, 0.3) is 5.91 Å². The number of rotatable bonds is 8. The lowest BCUT2D eigenvalue weighted by atomic mass is 9.98. The van der Waals surface area contributed by atoms with E-state index >= 15 is 4.39 Å². The first-order chi connectivity index (χ1) is 16.5. The van der Waals surface area contributed by atoms with E-state index in [1.807, 2.05) is 0 Å². The monoisotopic (exact) mass is 520 g/mol. The smallest absolute Gasteiger partial charge is 0.388 e. The molecule has 0 bridgehead atoms. The zero-order valence-electron chi connectivity index (χ0n) is 17.9. The van der Waals surface area contributed by atoms with Gasteiger partial charge in [-0.2, -0.15) is 27.3 Å². The number of aliphatic hydroxyl groups is 1. The second kappa shape index (κ2) is 10.1. The molecule has 1 unspecified atom stereocenters. The maximum absolute atomic E-state index is 16.0. The Morgan fingerprint density at radius 2 is 1.83 bits per heavy atom. The van der Waals surface area contributed by atoms with Crippen LogP contribution in [-0.2, 0) is 18.0 Å². The fourth-order valence-corrected chi connectivity index (χ4v) is 3.60. The van der Waals surface area contributed by atoms with Gasteiger partial charge in [-0.1, -0.05) is 35.9 Å². The van der Waals surface area contributed by atoms with Crippen LogP contribution in [0.4, 0.5) is 22.0 Å². The third-order valence-corrected chi connectivity index (χ3v) is 5.33. The van der Waals surface area contributed by atoms with E-state index in [0.717, 1.165) is 16.7 Å². The summed E-state index contributed by atoms with van der Waals surface area (Å²) in [6, 6.07) is 6.49. The second-order valence-electron chi connectivity index (χ2n) is 7.13. The van der Waals surface area contributed by atoms with Crippen LogP contribution >= 0.6 is 11.6 Å². The van der Waals surface area contributed by atoms with Crippen molar-refractivity contribution in [2.75, 3.05) is 0 Å². The topological polar surface area (TPSA) is 98.4 Å². The molecule has 0 aliphatic carbocycles. The summed E-state index contributed by atoms with van der Waals surface area (Å²) in [6.07, 6.45) is -5.96. The van der Waals surface area contributed by atoms with Gasteiger partial charge in [0, 0.05) is 22.7 Å². The third kappa shape index (κ3) is 4.92. The number of halogens is 6. The average Bonchev–Trinajstić information content (AvgIpc) is 3.14. The number of hydrogen-bond acceptors (Lipinski definition) is 5. The van der Waals surface area contributed by atoms with Crippen molar-refractivity contribution in [3.63, 3.8) is 0 Å². The molecule has 8 nitrogen and oxygen atoms in total. The van der Waals surface area contributed by atoms with Crippen LogP contribution < -0.4 is 11.2 Å². The van der Waals surface area contributed by atoms with Crippen LogP contribution in [0.5, 0.6) is 0 Å². The van der Waals surface area contributed by atoms with Gasteiger partial charge in [0.15, 0.2) is 11.9 Å². The van der Waals surface area contributed by atoms with Crippen molar-refractivity contribution in [3.05, 3.63) is 86.8 Å². The summed E-state index contributed by atoms with van der Waals surface area (Å²) in [7, 11) is 0. The van der Waals surface area contributed by atoms with E-state index in [1.165, 1.54) is 42.7 Å². The first kappa shape index (κ1) is 26.3. The summed E-state index contributed by atoms with van der Waals surface area (Å²) in [6.45, 7) is 0.356. The molecule has 0 aliphatic rings. The zero-order valence-corrected chi connectivity index (χ0v) is 18.6. The summed E-state index contributed by atoms with van der Waals surface area (Å²) in [5.74, 6) is -8.03. The van der Waals surface area contributed by atoms with Gasteiger partial charge in [-0.25, -0.2) is 19.5 Å². The van der Waals surface area contributed by atoms with Gasteiger partial charge in [-0.05, 0) is 31.2 Å². The number of aliphatic hydroxyl groups excluding tert-OH is 1. The lowest BCUT2D eigenvalue weighted by molar-refractivity contribution is -0.358. The van der Waals surface area contributed by atoms with E-state index in [1.54, 1.807) is 0 Å². The molecule has 14 heteroatoms. The number of carbonyl (C=O) groups excluding carboxylic acids is 1. The molecule has 188 valence electrons. The van der Waals surface area contributed by atoms with Gasteiger partial charge in [0.1, 0.15) is 12.4 Å². The molecule has 3 rings (SSSR count). The molecule has 3 aromatic rings. The van der Waals surface area contributed by atoms with Crippen molar-refractivity contribution in [1.82, 2.24) is 19.8 Å². The minimum Gasteiger partial charge on any atom is -0.388 e. The normalized spacial score (nSPS) is 14.4. The minimum absolute atomic E-state index is 0.0263. The van der Waals surface area contributed by atoms with Crippen LogP contribution in [0.3, 0.4) is 0 Å². The summed E-state index contributed by atoms with van der Waals surface area (Å²) in [5, 5.41) is 12.4. The standard InChI is InChI=1S/C21H18ClF5N4O4/c1-2-30-15(11-32)28-31(19(30)34)17(16-13(22)9-6-10-14(16)23)20(24,21(25,26)27)35-29-18(33)12-7-4-3-5-8-12/h3-10,17,32H,2,11H2,1H3,(H,29,33)/t17?,20-/m1/s1. The number of amides is 1. The highest BCUT2D eigenvalue weighted by atomic mass is 35.5. The molecule has 1 aromatic heterocycles. The van der Waals surface area contributed by atoms with E-state index in [4.69, 9.17) is 11.6 Å². The van der Waals surface area contributed by atoms with Crippen molar-refractivity contribution in [2.45, 2.75) is 38.1 Å². The van der Waals surface area contributed by atoms with Crippen molar-refractivity contribution < 1.29 is 36.7 Å². The molecule has 0 spiro atoms. The first-order valence-corrected chi connectivity index (χ1v) is 10.4. The quantitative estimate of drug-likeness (QED) is 0.350. The summed E-state index contributed by atoms with van der Waals surface area (Å²) in [5.41, 5.74) is -1.23. The van der Waals surface area contributed by atoms with Gasteiger partial charge in [-0.3, -0.25) is 9.36 Å². The van der Waals surface area contributed by atoms with Gasteiger partial charge in [0.05, 0.1) is 0 Å². The Morgan fingerprint density at radius 3 is 2.34 bits per heavy atom. The molecule has 2 atom stereocenters. The van der Waals surface area contributed by atoms with E-state index < -0.39 is 58.5 Å².